The van der Waals surface area contributed by atoms with Crippen LogP contribution in [0.25, 0.3) is 0 Å². The predicted molar refractivity (Wildman–Crippen MR) is 65.4 cm³/mol. The molecule has 1 N–H and O–H groups in total. The molecule has 1 saturated heterocycles. The van der Waals surface area contributed by atoms with E-state index in [4.69, 9.17) is 21.4 Å². The molecule has 1 aliphatic rings. The lowest BCUT2D eigenvalue weighted by molar-refractivity contribution is 0.238. The Kier molecular flexibility index (Phi) is 3.56. The van der Waals surface area contributed by atoms with Crippen molar-refractivity contribution in [3.63, 3.8) is 0 Å². The molecule has 4 heteroatoms. The average molecular weight is 242 g/mol. The Morgan fingerprint density at radius 1 is 1.56 bits per heavy atom. The van der Waals surface area contributed by atoms with Crippen LogP contribution in [0.15, 0.2) is 18.2 Å². The molecule has 0 saturated carbocycles. The fourth-order valence-electron chi connectivity index (χ4n) is 2.06. The van der Waals surface area contributed by atoms with Crippen molar-refractivity contribution in [3.8, 4) is 5.75 Å². The maximum absolute atomic E-state index is 9.10. The summed E-state index contributed by atoms with van der Waals surface area (Å²) in [5.41, 5.74) is 1.11. The monoisotopic (exact) mass is 241 g/mol. The Morgan fingerprint density at radius 2 is 2.38 bits per heavy atom. The smallest absolute Gasteiger partial charge is 0.139 e. The lowest BCUT2D eigenvalue weighted by atomic mass is 10.1. The third kappa shape index (κ3) is 2.25. The lowest BCUT2D eigenvalue weighted by Crippen LogP contribution is -2.20. The Labute approximate surface area is 101 Å². The molecule has 2 rings (SSSR count). The highest BCUT2D eigenvalue weighted by Crippen LogP contribution is 2.31. The summed E-state index contributed by atoms with van der Waals surface area (Å²) in [5.74, 6) is 1.09. The second-order valence-corrected chi connectivity index (χ2v) is 4.51. The minimum atomic E-state index is 0.265. The highest BCUT2D eigenvalue weighted by molar-refractivity contribution is 6.32. The van der Waals surface area contributed by atoms with Crippen molar-refractivity contribution in [2.24, 2.45) is 5.92 Å². The Hall–Kier alpha value is -0.930. The molecule has 1 aromatic carbocycles. The number of rotatable bonds is 3. The van der Waals surface area contributed by atoms with Crippen molar-refractivity contribution in [1.29, 1.82) is 0 Å². The molecule has 1 heterocycles. The molecule has 1 unspecified atom stereocenters. The first-order valence-corrected chi connectivity index (χ1v) is 5.81. The molecular formula is C12H16ClNO2. The maximum atomic E-state index is 9.10. The van der Waals surface area contributed by atoms with Crippen molar-refractivity contribution in [1.82, 2.24) is 0 Å². The van der Waals surface area contributed by atoms with E-state index in [0.717, 1.165) is 25.2 Å². The number of hydrogen-bond donors (Lipinski definition) is 1. The molecule has 0 aromatic heterocycles. The zero-order valence-electron chi connectivity index (χ0n) is 9.32. The zero-order valence-corrected chi connectivity index (χ0v) is 10.1. The molecule has 0 amide bonds. The van der Waals surface area contributed by atoms with Crippen LogP contribution in [0.1, 0.15) is 6.42 Å². The summed E-state index contributed by atoms with van der Waals surface area (Å²) < 4.78 is 5.19. The van der Waals surface area contributed by atoms with E-state index in [1.165, 1.54) is 0 Å². The van der Waals surface area contributed by atoms with E-state index in [1.807, 2.05) is 18.2 Å². The predicted octanol–water partition coefficient (Wildman–Crippen LogP) is 2.17. The number of aliphatic hydroxyl groups excluding tert-OH is 1. The Bertz CT molecular complexity index is 370. The highest BCUT2D eigenvalue weighted by atomic mass is 35.5. The first-order chi connectivity index (χ1) is 7.74. The van der Waals surface area contributed by atoms with Crippen molar-refractivity contribution in [2.75, 3.05) is 31.7 Å². The summed E-state index contributed by atoms with van der Waals surface area (Å²) >= 11 is 5.98. The van der Waals surface area contributed by atoms with E-state index >= 15 is 0 Å². The van der Waals surface area contributed by atoms with Crippen LogP contribution in [0.3, 0.4) is 0 Å². The standard InChI is InChI=1S/C12H16ClNO2/c1-16-12-6-10(2-3-11(12)13)14-5-4-9(7-14)8-15/h2-3,6,9,15H,4-5,7-8H2,1H3. The number of halogens is 1. The summed E-state index contributed by atoms with van der Waals surface area (Å²) in [5, 5.41) is 9.73. The summed E-state index contributed by atoms with van der Waals surface area (Å²) in [4.78, 5) is 2.25. The minimum Gasteiger partial charge on any atom is -0.495 e. The molecular weight excluding hydrogens is 226 g/mol. The van der Waals surface area contributed by atoms with Gasteiger partial charge in [-0.05, 0) is 18.6 Å². The molecule has 1 atom stereocenters. The van der Waals surface area contributed by atoms with E-state index in [9.17, 15) is 0 Å². The van der Waals surface area contributed by atoms with Crippen LogP contribution in [0.2, 0.25) is 5.02 Å². The minimum absolute atomic E-state index is 0.265. The van der Waals surface area contributed by atoms with Gasteiger partial charge in [-0.2, -0.15) is 0 Å². The largest absolute Gasteiger partial charge is 0.495 e. The van der Waals surface area contributed by atoms with Gasteiger partial charge in [0, 0.05) is 37.4 Å². The third-order valence-electron chi connectivity index (χ3n) is 3.04. The molecule has 3 nitrogen and oxygen atoms in total. The lowest BCUT2D eigenvalue weighted by Gasteiger charge is -2.19. The number of nitrogens with zero attached hydrogens (tertiary/aromatic N) is 1. The van der Waals surface area contributed by atoms with E-state index in [2.05, 4.69) is 4.90 Å². The first-order valence-electron chi connectivity index (χ1n) is 5.44. The second-order valence-electron chi connectivity index (χ2n) is 4.10. The maximum Gasteiger partial charge on any atom is 0.139 e. The van der Waals surface area contributed by atoms with Gasteiger partial charge in [-0.3, -0.25) is 0 Å². The highest BCUT2D eigenvalue weighted by Gasteiger charge is 2.22. The molecule has 0 radical (unpaired) electrons. The topological polar surface area (TPSA) is 32.7 Å². The first kappa shape index (κ1) is 11.6. The Balaban J connectivity index is 2.15. The van der Waals surface area contributed by atoms with Gasteiger partial charge < -0.3 is 14.7 Å². The van der Waals surface area contributed by atoms with E-state index < -0.39 is 0 Å². The van der Waals surface area contributed by atoms with E-state index in [-0.39, 0.29) is 6.61 Å². The molecule has 0 spiro atoms. The van der Waals surface area contributed by atoms with Crippen molar-refractivity contribution >= 4 is 17.3 Å². The number of benzene rings is 1. The number of methoxy groups -OCH3 is 1. The normalized spacial score (nSPS) is 20.2. The van der Waals surface area contributed by atoms with Gasteiger partial charge in [0.2, 0.25) is 0 Å². The molecule has 1 fully saturated rings. The van der Waals surface area contributed by atoms with Gasteiger partial charge in [-0.1, -0.05) is 11.6 Å². The Morgan fingerprint density at radius 3 is 3.00 bits per heavy atom. The SMILES string of the molecule is COc1cc(N2CCC(CO)C2)ccc1Cl. The zero-order chi connectivity index (χ0) is 11.5. The van der Waals surface area contributed by atoms with Gasteiger partial charge in [-0.25, -0.2) is 0 Å². The van der Waals surface area contributed by atoms with Gasteiger partial charge >= 0.3 is 0 Å². The van der Waals surface area contributed by atoms with Crippen molar-refractivity contribution in [2.45, 2.75) is 6.42 Å². The van der Waals surface area contributed by atoms with Crippen molar-refractivity contribution in [3.05, 3.63) is 23.2 Å². The van der Waals surface area contributed by atoms with Gasteiger partial charge in [0.1, 0.15) is 5.75 Å². The molecule has 1 aromatic rings. The van der Waals surface area contributed by atoms with Crippen LogP contribution >= 0.6 is 11.6 Å². The number of ether oxygens (including phenoxy) is 1. The molecule has 1 aliphatic heterocycles. The summed E-state index contributed by atoms with van der Waals surface area (Å²) in [7, 11) is 1.62. The number of hydrogen-bond acceptors (Lipinski definition) is 3. The van der Waals surface area contributed by atoms with Gasteiger partial charge in [0.05, 0.1) is 12.1 Å². The molecule has 88 valence electrons. The summed E-state index contributed by atoms with van der Waals surface area (Å²) in [6, 6.07) is 5.79. The van der Waals surface area contributed by atoms with Gasteiger partial charge in [-0.15, -0.1) is 0 Å². The fraction of sp³-hybridized carbons (Fsp3) is 0.500. The molecule has 0 aliphatic carbocycles. The number of aliphatic hydroxyl groups is 1. The fourth-order valence-corrected chi connectivity index (χ4v) is 2.26. The van der Waals surface area contributed by atoms with Crippen LogP contribution in [0.5, 0.6) is 5.75 Å². The van der Waals surface area contributed by atoms with Crippen LogP contribution in [-0.4, -0.2) is 31.9 Å². The molecule has 0 bridgehead atoms. The third-order valence-corrected chi connectivity index (χ3v) is 3.36. The van der Waals surface area contributed by atoms with E-state index in [1.54, 1.807) is 7.11 Å². The quantitative estimate of drug-likeness (QED) is 0.881. The summed E-state index contributed by atoms with van der Waals surface area (Å²) in [6.07, 6.45) is 1.04. The van der Waals surface area contributed by atoms with Crippen LogP contribution in [-0.2, 0) is 0 Å². The van der Waals surface area contributed by atoms with Crippen LogP contribution < -0.4 is 9.64 Å². The number of anilines is 1. The second kappa shape index (κ2) is 4.93. The van der Waals surface area contributed by atoms with Crippen LogP contribution in [0, 0.1) is 5.92 Å². The summed E-state index contributed by atoms with van der Waals surface area (Å²) in [6.45, 7) is 2.15. The van der Waals surface area contributed by atoms with Gasteiger partial charge in [0.25, 0.3) is 0 Å². The van der Waals surface area contributed by atoms with Gasteiger partial charge in [0.15, 0.2) is 0 Å². The van der Waals surface area contributed by atoms with E-state index in [0.29, 0.717) is 16.7 Å². The average Bonchev–Trinajstić information content (AvgIpc) is 2.78. The van der Waals surface area contributed by atoms with Crippen molar-refractivity contribution < 1.29 is 9.84 Å². The molecule has 16 heavy (non-hydrogen) atoms. The van der Waals surface area contributed by atoms with Crippen LogP contribution in [0.4, 0.5) is 5.69 Å².